The summed E-state index contributed by atoms with van der Waals surface area (Å²) in [6.45, 7) is 6.56. The van der Waals surface area contributed by atoms with Gasteiger partial charge in [-0.05, 0) is 37.9 Å². The normalized spacial score (nSPS) is 16.3. The van der Waals surface area contributed by atoms with Crippen molar-refractivity contribution in [2.75, 3.05) is 44.2 Å². The molecule has 0 bridgehead atoms. The van der Waals surface area contributed by atoms with Gasteiger partial charge in [-0.15, -0.1) is 0 Å². The molecule has 23 heavy (non-hydrogen) atoms. The number of aliphatic hydroxyl groups excluding tert-OH is 1. The van der Waals surface area contributed by atoms with Gasteiger partial charge >= 0.3 is 0 Å². The van der Waals surface area contributed by atoms with E-state index < -0.39 is 0 Å². The van der Waals surface area contributed by atoms with Gasteiger partial charge in [0.2, 0.25) is 5.91 Å². The van der Waals surface area contributed by atoms with Crippen molar-refractivity contribution in [1.82, 2.24) is 10.2 Å². The Morgan fingerprint density at radius 3 is 2.61 bits per heavy atom. The van der Waals surface area contributed by atoms with Gasteiger partial charge < -0.3 is 20.2 Å². The van der Waals surface area contributed by atoms with Crippen LogP contribution in [-0.2, 0) is 4.79 Å². The van der Waals surface area contributed by atoms with Crippen molar-refractivity contribution in [3.63, 3.8) is 0 Å². The maximum absolute atomic E-state index is 12.4. The number of rotatable bonds is 8. The van der Waals surface area contributed by atoms with Crippen LogP contribution in [-0.4, -0.2) is 61.3 Å². The predicted octanol–water partition coefficient (Wildman–Crippen LogP) is 1.48. The van der Waals surface area contributed by atoms with Crippen molar-refractivity contribution in [2.24, 2.45) is 0 Å². The van der Waals surface area contributed by atoms with Gasteiger partial charge in [0, 0.05) is 38.0 Å². The van der Waals surface area contributed by atoms with Crippen molar-refractivity contribution in [3.05, 3.63) is 30.3 Å². The average molecular weight is 319 g/mol. The van der Waals surface area contributed by atoms with Gasteiger partial charge in [0.15, 0.2) is 0 Å². The molecule has 1 amide bonds. The van der Waals surface area contributed by atoms with E-state index in [0.717, 1.165) is 38.2 Å². The first kappa shape index (κ1) is 17.8. The molecule has 0 unspecified atom stereocenters. The van der Waals surface area contributed by atoms with Crippen LogP contribution in [0.3, 0.4) is 0 Å². The van der Waals surface area contributed by atoms with Crippen molar-refractivity contribution in [1.29, 1.82) is 0 Å². The van der Waals surface area contributed by atoms with Crippen LogP contribution in [0.25, 0.3) is 0 Å². The van der Waals surface area contributed by atoms with E-state index in [9.17, 15) is 4.79 Å². The number of carbonyl (C=O) groups excluding carboxylic acids is 1. The maximum Gasteiger partial charge on any atom is 0.239 e. The number of carbonyl (C=O) groups is 1. The lowest BCUT2D eigenvalue weighted by Gasteiger charge is -2.32. The fourth-order valence-electron chi connectivity index (χ4n) is 3.04. The maximum atomic E-state index is 12.4. The fraction of sp³-hybridized carbons (Fsp3) is 0.611. The molecule has 0 radical (unpaired) electrons. The van der Waals surface area contributed by atoms with Gasteiger partial charge in [-0.1, -0.05) is 25.1 Å². The highest BCUT2D eigenvalue weighted by Crippen LogP contribution is 2.14. The minimum absolute atomic E-state index is 0.0711. The van der Waals surface area contributed by atoms with Crippen molar-refractivity contribution >= 4 is 11.6 Å². The molecule has 2 rings (SSSR count). The number of hydrogen-bond donors (Lipinski definition) is 2. The van der Waals surface area contributed by atoms with Crippen LogP contribution < -0.4 is 10.2 Å². The van der Waals surface area contributed by atoms with E-state index in [1.54, 1.807) is 0 Å². The van der Waals surface area contributed by atoms with Gasteiger partial charge in [-0.2, -0.15) is 0 Å². The quantitative estimate of drug-likeness (QED) is 0.762. The molecule has 0 aliphatic carbocycles. The Bertz CT molecular complexity index is 459. The third-order valence-electron chi connectivity index (χ3n) is 4.44. The first-order valence-corrected chi connectivity index (χ1v) is 8.65. The van der Waals surface area contributed by atoms with E-state index in [1.165, 1.54) is 0 Å². The Balaban J connectivity index is 1.85. The molecule has 0 saturated carbocycles. The number of benzene rings is 1. The summed E-state index contributed by atoms with van der Waals surface area (Å²) >= 11 is 0. The topological polar surface area (TPSA) is 55.8 Å². The Morgan fingerprint density at radius 1 is 1.30 bits per heavy atom. The SMILES string of the molecule is CCN1CCC(NC(=O)CN(CCCO)c2ccccc2)CC1. The molecule has 1 aliphatic heterocycles. The predicted molar refractivity (Wildman–Crippen MR) is 93.6 cm³/mol. The lowest BCUT2D eigenvalue weighted by Crippen LogP contribution is -2.47. The number of likely N-dealkylation sites (tertiary alicyclic amines) is 1. The summed E-state index contributed by atoms with van der Waals surface area (Å²) < 4.78 is 0. The van der Waals surface area contributed by atoms with E-state index in [1.807, 2.05) is 35.2 Å². The van der Waals surface area contributed by atoms with Crippen LogP contribution in [0.2, 0.25) is 0 Å². The molecule has 1 saturated heterocycles. The number of aliphatic hydroxyl groups is 1. The van der Waals surface area contributed by atoms with E-state index in [2.05, 4.69) is 17.1 Å². The Hall–Kier alpha value is -1.59. The fourth-order valence-corrected chi connectivity index (χ4v) is 3.04. The zero-order valence-corrected chi connectivity index (χ0v) is 14.1. The largest absolute Gasteiger partial charge is 0.396 e. The minimum atomic E-state index is 0.0711. The molecule has 1 fully saturated rings. The van der Waals surface area contributed by atoms with Gasteiger partial charge in [0.25, 0.3) is 0 Å². The summed E-state index contributed by atoms with van der Waals surface area (Å²) in [6.07, 6.45) is 2.72. The highest BCUT2D eigenvalue weighted by Gasteiger charge is 2.20. The molecule has 1 aromatic rings. The van der Waals surface area contributed by atoms with E-state index >= 15 is 0 Å². The van der Waals surface area contributed by atoms with Gasteiger partial charge in [0.1, 0.15) is 0 Å². The number of nitrogens with zero attached hydrogens (tertiary/aromatic N) is 2. The Morgan fingerprint density at radius 2 is 2.00 bits per heavy atom. The summed E-state index contributed by atoms with van der Waals surface area (Å²) in [5, 5.41) is 12.2. The molecule has 1 aliphatic rings. The smallest absolute Gasteiger partial charge is 0.239 e. The van der Waals surface area contributed by atoms with Gasteiger partial charge in [-0.25, -0.2) is 0 Å². The molecular weight excluding hydrogens is 290 g/mol. The van der Waals surface area contributed by atoms with Gasteiger partial charge in [0.05, 0.1) is 6.54 Å². The monoisotopic (exact) mass is 319 g/mol. The zero-order chi connectivity index (χ0) is 16.5. The first-order chi connectivity index (χ1) is 11.2. The standard InChI is InChI=1S/C18H29N3O2/c1-2-20-12-9-16(10-13-20)19-18(23)15-21(11-6-14-22)17-7-4-3-5-8-17/h3-5,7-8,16,22H,2,6,9-15H2,1H3,(H,19,23). The van der Waals surface area contributed by atoms with E-state index in [0.29, 0.717) is 25.6 Å². The van der Waals surface area contributed by atoms with Crippen molar-refractivity contribution < 1.29 is 9.90 Å². The number of amides is 1. The molecule has 5 heteroatoms. The second-order valence-corrected chi connectivity index (χ2v) is 6.11. The third kappa shape index (κ3) is 5.84. The summed E-state index contributed by atoms with van der Waals surface area (Å²) in [4.78, 5) is 16.8. The van der Waals surface area contributed by atoms with Crippen LogP contribution in [0.5, 0.6) is 0 Å². The van der Waals surface area contributed by atoms with Crippen LogP contribution in [0, 0.1) is 0 Å². The van der Waals surface area contributed by atoms with Gasteiger partial charge in [-0.3, -0.25) is 4.79 Å². The highest BCUT2D eigenvalue weighted by atomic mass is 16.3. The number of para-hydroxylation sites is 1. The van der Waals surface area contributed by atoms with Crippen molar-refractivity contribution in [3.8, 4) is 0 Å². The van der Waals surface area contributed by atoms with E-state index in [4.69, 9.17) is 5.11 Å². The molecule has 0 atom stereocenters. The molecule has 2 N–H and O–H groups in total. The molecule has 5 nitrogen and oxygen atoms in total. The second kappa shape index (κ2) is 9.53. The summed E-state index contributed by atoms with van der Waals surface area (Å²) in [5.74, 6) is 0.0711. The number of piperidine rings is 1. The molecule has 128 valence electrons. The van der Waals surface area contributed by atoms with Crippen LogP contribution in [0.4, 0.5) is 5.69 Å². The molecule has 0 aromatic heterocycles. The van der Waals surface area contributed by atoms with Crippen LogP contribution in [0.15, 0.2) is 30.3 Å². The lowest BCUT2D eigenvalue weighted by molar-refractivity contribution is -0.120. The average Bonchev–Trinajstić information content (AvgIpc) is 2.60. The summed E-state index contributed by atoms with van der Waals surface area (Å²) in [5.41, 5.74) is 1.02. The molecule has 0 spiro atoms. The van der Waals surface area contributed by atoms with E-state index in [-0.39, 0.29) is 12.5 Å². The third-order valence-corrected chi connectivity index (χ3v) is 4.44. The zero-order valence-electron chi connectivity index (χ0n) is 14.1. The lowest BCUT2D eigenvalue weighted by atomic mass is 10.1. The van der Waals surface area contributed by atoms with Crippen LogP contribution in [0.1, 0.15) is 26.2 Å². The minimum Gasteiger partial charge on any atom is -0.396 e. The number of nitrogens with one attached hydrogen (secondary N) is 1. The van der Waals surface area contributed by atoms with Crippen molar-refractivity contribution in [2.45, 2.75) is 32.2 Å². The number of hydrogen-bond acceptors (Lipinski definition) is 4. The molecule has 1 heterocycles. The Kier molecular flexibility index (Phi) is 7.36. The molecule has 1 aromatic carbocycles. The summed E-state index contributed by atoms with van der Waals surface area (Å²) in [7, 11) is 0. The Labute approximate surface area is 139 Å². The summed E-state index contributed by atoms with van der Waals surface area (Å²) in [6, 6.07) is 10.2. The second-order valence-electron chi connectivity index (χ2n) is 6.11. The van der Waals surface area contributed by atoms with Crippen LogP contribution >= 0.6 is 0 Å². The molecular formula is C18H29N3O2. The number of anilines is 1. The highest BCUT2D eigenvalue weighted by molar-refractivity contribution is 5.81. The first-order valence-electron chi connectivity index (χ1n) is 8.65.